The van der Waals surface area contributed by atoms with E-state index in [2.05, 4.69) is 19.7 Å². The topological polar surface area (TPSA) is 108 Å². The summed E-state index contributed by atoms with van der Waals surface area (Å²) < 4.78 is 4.34. The van der Waals surface area contributed by atoms with Gasteiger partial charge in [-0.3, -0.25) is 9.59 Å². The molecule has 1 fully saturated rings. The minimum atomic E-state index is -0.737. The van der Waals surface area contributed by atoms with Gasteiger partial charge in [0.25, 0.3) is 0 Å². The Hall–Kier alpha value is -2.69. The molecule has 0 unspecified atom stereocenters. The number of nitrogens with one attached hydrogen (secondary N) is 1. The highest BCUT2D eigenvalue weighted by Crippen LogP contribution is 2.30. The highest BCUT2D eigenvalue weighted by Gasteiger charge is 2.43. The number of carbonyl (C=O) groups is 2. The molecule has 1 aliphatic rings. The van der Waals surface area contributed by atoms with Crippen LogP contribution in [0.15, 0.2) is 29.8 Å². The SMILES string of the molecule is Cc1nc([C@H](C(=O)N2C[C@H](O)C[C@H]2C(=O)NCc2ccc(-c3scnc3C)cc2)C(C)C)ns1. The molecule has 1 aromatic carbocycles. The Bertz CT molecular complexity index is 1160. The predicted molar refractivity (Wildman–Crippen MR) is 132 cm³/mol. The molecule has 3 aromatic rings. The number of hydrogen-bond acceptors (Lipinski definition) is 8. The zero-order valence-corrected chi connectivity index (χ0v) is 21.3. The smallest absolute Gasteiger partial charge is 0.243 e. The summed E-state index contributed by atoms with van der Waals surface area (Å²) in [5.41, 5.74) is 4.88. The lowest BCUT2D eigenvalue weighted by Gasteiger charge is -2.28. The maximum atomic E-state index is 13.5. The summed E-state index contributed by atoms with van der Waals surface area (Å²) in [5, 5.41) is 14.0. The van der Waals surface area contributed by atoms with Gasteiger partial charge in [-0.05, 0) is 42.4 Å². The lowest BCUT2D eigenvalue weighted by Crippen LogP contribution is -2.48. The number of β-amino-alcohol motifs (C(OH)–C–C–N with tert-alkyl or cyclic N) is 1. The average molecular weight is 500 g/mol. The molecule has 0 spiro atoms. The Labute approximate surface area is 207 Å². The number of aliphatic hydroxyl groups is 1. The number of amides is 2. The first-order valence-corrected chi connectivity index (χ1v) is 13.0. The van der Waals surface area contributed by atoms with Crippen LogP contribution in [0.3, 0.4) is 0 Å². The van der Waals surface area contributed by atoms with E-state index in [1.54, 1.807) is 11.3 Å². The van der Waals surface area contributed by atoms with Crippen LogP contribution in [0, 0.1) is 19.8 Å². The third kappa shape index (κ3) is 5.18. The van der Waals surface area contributed by atoms with Crippen molar-refractivity contribution in [3.63, 3.8) is 0 Å². The van der Waals surface area contributed by atoms with Gasteiger partial charge in [-0.25, -0.2) is 9.97 Å². The Morgan fingerprint density at radius 3 is 2.56 bits per heavy atom. The van der Waals surface area contributed by atoms with Gasteiger partial charge in [0.05, 0.1) is 22.2 Å². The third-order valence-electron chi connectivity index (χ3n) is 6.05. The van der Waals surface area contributed by atoms with Crippen molar-refractivity contribution in [2.45, 2.75) is 58.7 Å². The third-order valence-corrected chi connectivity index (χ3v) is 7.66. The number of likely N-dealkylation sites (tertiary alicyclic amines) is 1. The van der Waals surface area contributed by atoms with Gasteiger partial charge in [-0.1, -0.05) is 38.1 Å². The van der Waals surface area contributed by atoms with E-state index in [1.807, 2.05) is 57.5 Å². The summed E-state index contributed by atoms with van der Waals surface area (Å²) in [6, 6.07) is 7.28. The second-order valence-corrected chi connectivity index (χ2v) is 10.8. The Morgan fingerprint density at radius 1 is 1.24 bits per heavy atom. The molecular weight excluding hydrogens is 470 g/mol. The molecule has 3 atom stereocenters. The maximum Gasteiger partial charge on any atom is 0.243 e. The van der Waals surface area contributed by atoms with Crippen LogP contribution in [-0.2, 0) is 16.1 Å². The van der Waals surface area contributed by atoms with E-state index >= 15 is 0 Å². The van der Waals surface area contributed by atoms with Crippen LogP contribution in [0.25, 0.3) is 10.4 Å². The maximum absolute atomic E-state index is 13.5. The van der Waals surface area contributed by atoms with E-state index < -0.39 is 18.1 Å². The van der Waals surface area contributed by atoms with Crippen molar-refractivity contribution in [1.82, 2.24) is 24.6 Å². The highest BCUT2D eigenvalue weighted by atomic mass is 32.1. The molecule has 0 saturated carbocycles. The summed E-state index contributed by atoms with van der Waals surface area (Å²) in [6.07, 6.45) is -0.519. The summed E-state index contributed by atoms with van der Waals surface area (Å²) in [4.78, 5) is 37.9. The number of aryl methyl sites for hydroxylation is 2. The van der Waals surface area contributed by atoms with E-state index in [-0.39, 0.29) is 30.7 Å². The normalized spacial score (nSPS) is 18.9. The number of aromatic nitrogens is 3. The fourth-order valence-corrected chi connectivity index (χ4v) is 5.61. The number of benzene rings is 1. The fraction of sp³-hybridized carbons (Fsp3) is 0.458. The molecule has 10 heteroatoms. The average Bonchev–Trinajstić information content (AvgIpc) is 3.52. The zero-order valence-electron chi connectivity index (χ0n) is 19.7. The van der Waals surface area contributed by atoms with Crippen molar-refractivity contribution < 1.29 is 14.7 Å². The number of thiazole rings is 1. The minimum absolute atomic E-state index is 0.0383. The van der Waals surface area contributed by atoms with E-state index in [1.165, 1.54) is 16.4 Å². The summed E-state index contributed by atoms with van der Waals surface area (Å²) in [5.74, 6) is -0.581. The monoisotopic (exact) mass is 499 g/mol. The number of hydrogen-bond donors (Lipinski definition) is 2. The largest absolute Gasteiger partial charge is 0.391 e. The van der Waals surface area contributed by atoms with E-state index in [0.717, 1.165) is 26.7 Å². The van der Waals surface area contributed by atoms with E-state index in [0.29, 0.717) is 12.4 Å². The van der Waals surface area contributed by atoms with Crippen LogP contribution in [-0.4, -0.2) is 54.9 Å². The fourth-order valence-electron chi connectivity index (χ4n) is 4.28. The van der Waals surface area contributed by atoms with Crippen molar-refractivity contribution in [2.75, 3.05) is 6.54 Å². The van der Waals surface area contributed by atoms with E-state index in [4.69, 9.17) is 0 Å². The Balaban J connectivity index is 1.43. The van der Waals surface area contributed by atoms with Crippen LogP contribution in [0.1, 0.15) is 48.3 Å². The number of carbonyl (C=O) groups excluding carboxylic acids is 2. The lowest BCUT2D eigenvalue weighted by molar-refractivity contribution is -0.140. The molecule has 34 heavy (non-hydrogen) atoms. The second-order valence-electron chi connectivity index (χ2n) is 8.97. The van der Waals surface area contributed by atoms with Gasteiger partial charge in [-0.2, -0.15) is 4.37 Å². The van der Waals surface area contributed by atoms with Crippen molar-refractivity contribution in [3.8, 4) is 10.4 Å². The highest BCUT2D eigenvalue weighted by molar-refractivity contribution is 7.13. The van der Waals surface area contributed by atoms with E-state index in [9.17, 15) is 14.7 Å². The molecule has 0 radical (unpaired) electrons. The van der Waals surface area contributed by atoms with Crippen molar-refractivity contribution in [1.29, 1.82) is 0 Å². The number of aliphatic hydroxyl groups excluding tert-OH is 1. The van der Waals surface area contributed by atoms with Crippen LogP contribution < -0.4 is 5.32 Å². The molecule has 2 N–H and O–H groups in total. The molecular formula is C24H29N5O3S2. The molecule has 180 valence electrons. The first-order chi connectivity index (χ1) is 16.2. The molecule has 2 amide bonds. The summed E-state index contributed by atoms with van der Waals surface area (Å²) in [6.45, 7) is 8.19. The van der Waals surface area contributed by atoms with Gasteiger partial charge < -0.3 is 15.3 Å². The second kappa shape index (κ2) is 10.3. The Kier molecular flexibility index (Phi) is 7.39. The van der Waals surface area contributed by atoms with Crippen LogP contribution in [0.4, 0.5) is 0 Å². The number of rotatable bonds is 7. The molecule has 1 saturated heterocycles. The van der Waals surface area contributed by atoms with Crippen molar-refractivity contribution in [2.24, 2.45) is 5.92 Å². The summed E-state index contributed by atoms with van der Waals surface area (Å²) in [7, 11) is 0. The van der Waals surface area contributed by atoms with Crippen LogP contribution >= 0.6 is 22.9 Å². The van der Waals surface area contributed by atoms with Gasteiger partial charge in [0.2, 0.25) is 11.8 Å². The first-order valence-electron chi connectivity index (χ1n) is 11.3. The van der Waals surface area contributed by atoms with Gasteiger partial charge in [0, 0.05) is 19.5 Å². The molecule has 8 nitrogen and oxygen atoms in total. The predicted octanol–water partition coefficient (Wildman–Crippen LogP) is 3.30. The Morgan fingerprint density at radius 2 is 1.97 bits per heavy atom. The molecule has 0 aliphatic carbocycles. The van der Waals surface area contributed by atoms with Gasteiger partial charge in [-0.15, -0.1) is 11.3 Å². The molecule has 2 aromatic heterocycles. The first kappa shape index (κ1) is 24.4. The van der Waals surface area contributed by atoms with Crippen LogP contribution in [0.2, 0.25) is 0 Å². The molecule has 4 rings (SSSR count). The van der Waals surface area contributed by atoms with Gasteiger partial charge in [0.1, 0.15) is 17.0 Å². The lowest BCUT2D eigenvalue weighted by atomic mass is 9.93. The standard InChI is InChI=1S/C24H29N5O3S2/c1-13(2)20(22-27-15(4)34-28-22)24(32)29-11-18(30)9-19(29)23(31)25-10-16-5-7-17(8-6-16)21-14(3)26-12-33-21/h5-8,12-13,18-20,30H,9-11H2,1-4H3,(H,25,31)/t18-,19+,20-/m1/s1. The quantitative estimate of drug-likeness (QED) is 0.516. The number of nitrogens with zero attached hydrogens (tertiary/aromatic N) is 4. The molecule has 0 bridgehead atoms. The van der Waals surface area contributed by atoms with Gasteiger partial charge in [0.15, 0.2) is 5.82 Å². The molecule has 3 heterocycles. The van der Waals surface area contributed by atoms with Crippen molar-refractivity contribution >= 4 is 34.7 Å². The van der Waals surface area contributed by atoms with Crippen molar-refractivity contribution in [3.05, 3.63) is 51.9 Å². The van der Waals surface area contributed by atoms with Gasteiger partial charge >= 0.3 is 0 Å². The summed E-state index contributed by atoms with van der Waals surface area (Å²) >= 11 is 2.86. The minimum Gasteiger partial charge on any atom is -0.391 e. The zero-order chi connectivity index (χ0) is 24.4. The molecule has 1 aliphatic heterocycles. The van der Waals surface area contributed by atoms with Crippen LogP contribution in [0.5, 0.6) is 0 Å².